The van der Waals surface area contributed by atoms with Crippen molar-refractivity contribution >= 4 is 38.4 Å². The van der Waals surface area contributed by atoms with E-state index in [1.54, 1.807) is 10.4 Å². The highest BCUT2D eigenvalue weighted by atomic mass is 79.9. The third-order valence-corrected chi connectivity index (χ3v) is 7.21. The largest absolute Gasteiger partial charge is 0.315 e. The average molecular weight is 396 g/mol. The van der Waals surface area contributed by atoms with Crippen molar-refractivity contribution in [1.29, 1.82) is 0 Å². The van der Waals surface area contributed by atoms with E-state index < -0.39 is 10.0 Å². The van der Waals surface area contributed by atoms with Gasteiger partial charge in [-0.2, -0.15) is 4.31 Å². The van der Waals surface area contributed by atoms with E-state index in [1.165, 1.54) is 0 Å². The van der Waals surface area contributed by atoms with Crippen LogP contribution in [-0.4, -0.2) is 37.9 Å². The van der Waals surface area contributed by atoms with E-state index >= 15 is 0 Å². The van der Waals surface area contributed by atoms with E-state index in [2.05, 4.69) is 21.2 Å². The van der Waals surface area contributed by atoms with Gasteiger partial charge in [0.05, 0.1) is 4.90 Å². The second-order valence-corrected chi connectivity index (χ2v) is 8.31. The molecule has 1 aromatic carbocycles. The van der Waals surface area contributed by atoms with E-state index in [0.717, 1.165) is 37.9 Å². The topological polar surface area (TPSA) is 49.4 Å². The number of aryl methyl sites for hydroxylation is 1. The first-order valence-corrected chi connectivity index (χ1v) is 9.24. The Bertz CT molecular complexity index is 609. The molecule has 0 amide bonds. The van der Waals surface area contributed by atoms with Crippen LogP contribution in [0.1, 0.15) is 24.8 Å². The standard InChI is InChI=1S/C14H19BrN2O2S.ClH/c1-10-2-5-14(13(15)8-10)20(18,19)17-11-3-4-12(17)9-16-7-6-11;/h2,5,8,11-12,16H,3-4,6-7,9H2,1H3;1H. The smallest absolute Gasteiger partial charge is 0.244 e. The Labute approximate surface area is 140 Å². The van der Waals surface area contributed by atoms with Crippen LogP contribution in [0.15, 0.2) is 27.6 Å². The van der Waals surface area contributed by atoms with Gasteiger partial charge in [-0.05, 0) is 66.4 Å². The minimum Gasteiger partial charge on any atom is -0.315 e. The maximum atomic E-state index is 13.0. The van der Waals surface area contributed by atoms with Crippen molar-refractivity contribution < 1.29 is 8.42 Å². The van der Waals surface area contributed by atoms with Gasteiger partial charge < -0.3 is 5.32 Å². The van der Waals surface area contributed by atoms with Gasteiger partial charge in [-0.3, -0.25) is 0 Å². The van der Waals surface area contributed by atoms with E-state index in [9.17, 15) is 8.42 Å². The van der Waals surface area contributed by atoms with Gasteiger partial charge in [-0.15, -0.1) is 12.4 Å². The number of benzene rings is 1. The van der Waals surface area contributed by atoms with Gasteiger partial charge in [0, 0.05) is 23.1 Å². The maximum absolute atomic E-state index is 13.0. The summed E-state index contributed by atoms with van der Waals surface area (Å²) in [4.78, 5) is 0.391. The molecular weight excluding hydrogens is 376 g/mol. The maximum Gasteiger partial charge on any atom is 0.244 e. The Balaban J connectivity index is 0.00000161. The molecule has 2 fully saturated rings. The quantitative estimate of drug-likeness (QED) is 0.837. The lowest BCUT2D eigenvalue weighted by atomic mass is 10.1. The highest BCUT2D eigenvalue weighted by molar-refractivity contribution is 9.10. The third kappa shape index (κ3) is 3.15. The lowest BCUT2D eigenvalue weighted by molar-refractivity contribution is 0.334. The van der Waals surface area contributed by atoms with Gasteiger partial charge in [0.2, 0.25) is 10.0 Å². The molecule has 1 N–H and O–H groups in total. The number of nitrogens with zero attached hydrogens (tertiary/aromatic N) is 1. The van der Waals surface area contributed by atoms with Crippen LogP contribution in [0.2, 0.25) is 0 Å². The summed E-state index contributed by atoms with van der Waals surface area (Å²) in [5.74, 6) is 0. The Morgan fingerprint density at radius 3 is 2.67 bits per heavy atom. The lowest BCUT2D eigenvalue weighted by Gasteiger charge is -2.27. The van der Waals surface area contributed by atoms with Gasteiger partial charge in [-0.25, -0.2) is 8.42 Å². The van der Waals surface area contributed by atoms with Gasteiger partial charge >= 0.3 is 0 Å². The zero-order valence-electron chi connectivity index (χ0n) is 11.9. The van der Waals surface area contributed by atoms with Gasteiger partial charge in [-0.1, -0.05) is 6.07 Å². The summed E-state index contributed by atoms with van der Waals surface area (Å²) < 4.78 is 28.4. The molecule has 2 heterocycles. The summed E-state index contributed by atoms with van der Waals surface area (Å²) in [7, 11) is -3.42. The predicted octanol–water partition coefficient (Wildman–Crippen LogP) is 2.69. The SMILES string of the molecule is Cc1ccc(S(=O)(=O)N2C3CCNCC2CC3)c(Br)c1.Cl. The number of hydrogen-bond acceptors (Lipinski definition) is 3. The van der Waals surface area contributed by atoms with Crippen molar-refractivity contribution in [1.82, 2.24) is 9.62 Å². The summed E-state index contributed by atoms with van der Waals surface area (Å²) >= 11 is 3.41. The second kappa shape index (κ2) is 6.54. The summed E-state index contributed by atoms with van der Waals surface area (Å²) in [6.07, 6.45) is 2.84. The van der Waals surface area contributed by atoms with Crippen molar-refractivity contribution in [3.63, 3.8) is 0 Å². The fourth-order valence-corrected chi connectivity index (χ4v) is 6.31. The third-order valence-electron chi connectivity index (χ3n) is 4.23. The number of fused-ring (bicyclic) bond motifs is 2. The molecule has 0 spiro atoms. The van der Waals surface area contributed by atoms with E-state index in [0.29, 0.717) is 9.37 Å². The first-order valence-electron chi connectivity index (χ1n) is 7.00. The zero-order valence-corrected chi connectivity index (χ0v) is 15.1. The second-order valence-electron chi connectivity index (χ2n) is 5.65. The van der Waals surface area contributed by atoms with Crippen LogP contribution in [-0.2, 0) is 10.0 Å². The summed E-state index contributed by atoms with van der Waals surface area (Å²) in [5, 5.41) is 3.34. The predicted molar refractivity (Wildman–Crippen MR) is 89.4 cm³/mol. The Kier molecular flexibility index (Phi) is 5.36. The number of hydrogen-bond donors (Lipinski definition) is 1. The molecule has 0 radical (unpaired) electrons. The first kappa shape index (κ1) is 17.2. The van der Waals surface area contributed by atoms with Crippen LogP contribution < -0.4 is 5.32 Å². The van der Waals surface area contributed by atoms with Gasteiger partial charge in [0.15, 0.2) is 0 Å². The summed E-state index contributed by atoms with van der Waals surface area (Å²) in [6.45, 7) is 3.63. The normalized spacial score (nSPS) is 26.2. The number of nitrogens with one attached hydrogen (secondary N) is 1. The minimum absolute atomic E-state index is 0. The molecule has 2 saturated heterocycles. The molecule has 2 bridgehead atoms. The Morgan fingerprint density at radius 2 is 1.95 bits per heavy atom. The number of rotatable bonds is 2. The van der Waals surface area contributed by atoms with E-state index in [1.807, 2.05) is 19.1 Å². The van der Waals surface area contributed by atoms with E-state index in [-0.39, 0.29) is 24.5 Å². The van der Waals surface area contributed by atoms with Gasteiger partial charge in [0.25, 0.3) is 0 Å². The molecule has 4 nitrogen and oxygen atoms in total. The van der Waals surface area contributed by atoms with Gasteiger partial charge in [0.1, 0.15) is 0 Å². The first-order chi connectivity index (χ1) is 9.50. The molecule has 118 valence electrons. The van der Waals surface area contributed by atoms with Crippen molar-refractivity contribution in [2.24, 2.45) is 0 Å². The fraction of sp³-hybridized carbons (Fsp3) is 0.571. The zero-order chi connectivity index (χ0) is 14.3. The van der Waals surface area contributed by atoms with Crippen LogP contribution in [0.4, 0.5) is 0 Å². The molecule has 2 aliphatic rings. The minimum atomic E-state index is -3.42. The molecule has 2 aliphatic heterocycles. The van der Waals surface area contributed by atoms with Crippen LogP contribution in [0.25, 0.3) is 0 Å². The molecule has 0 aromatic heterocycles. The molecule has 2 atom stereocenters. The van der Waals surface area contributed by atoms with Crippen molar-refractivity contribution in [2.45, 2.75) is 43.2 Å². The molecule has 0 saturated carbocycles. The molecule has 21 heavy (non-hydrogen) atoms. The number of sulfonamides is 1. The summed E-state index contributed by atoms with van der Waals surface area (Å²) in [5.41, 5.74) is 1.05. The molecule has 7 heteroatoms. The number of halogens is 2. The highest BCUT2D eigenvalue weighted by Crippen LogP contribution is 2.36. The van der Waals surface area contributed by atoms with Crippen LogP contribution in [0, 0.1) is 6.92 Å². The van der Waals surface area contributed by atoms with Crippen molar-refractivity contribution in [3.05, 3.63) is 28.2 Å². The Hall–Kier alpha value is -0.140. The van der Waals surface area contributed by atoms with Crippen molar-refractivity contribution in [3.8, 4) is 0 Å². The fourth-order valence-electron chi connectivity index (χ4n) is 3.26. The average Bonchev–Trinajstić information content (AvgIpc) is 2.63. The van der Waals surface area contributed by atoms with Crippen LogP contribution in [0.5, 0.6) is 0 Å². The summed E-state index contributed by atoms with van der Waals surface area (Å²) in [6, 6.07) is 5.68. The molecule has 0 aliphatic carbocycles. The van der Waals surface area contributed by atoms with Crippen molar-refractivity contribution in [2.75, 3.05) is 13.1 Å². The monoisotopic (exact) mass is 394 g/mol. The van der Waals surface area contributed by atoms with Crippen LogP contribution >= 0.6 is 28.3 Å². The molecule has 3 rings (SSSR count). The highest BCUT2D eigenvalue weighted by Gasteiger charge is 2.43. The lowest BCUT2D eigenvalue weighted by Crippen LogP contribution is -2.42. The molecular formula is C14H20BrClN2O2S. The molecule has 1 aromatic rings. The Morgan fingerprint density at radius 1 is 1.24 bits per heavy atom. The molecule has 2 unspecified atom stereocenters. The van der Waals surface area contributed by atoms with E-state index in [4.69, 9.17) is 0 Å². The van der Waals surface area contributed by atoms with Crippen LogP contribution in [0.3, 0.4) is 0 Å².